The van der Waals surface area contributed by atoms with Gasteiger partial charge in [-0.05, 0) is 103 Å². The van der Waals surface area contributed by atoms with E-state index >= 15 is 0 Å². The molecule has 2 aliphatic heterocycles. The van der Waals surface area contributed by atoms with Crippen molar-refractivity contribution < 1.29 is 64.6 Å². The molecule has 12 atom stereocenters. The van der Waals surface area contributed by atoms with E-state index in [1.165, 1.54) is 0 Å². The zero-order valence-corrected chi connectivity index (χ0v) is 43.8. The average molecular weight is 1020 g/mol. The summed E-state index contributed by atoms with van der Waals surface area (Å²) in [5, 5.41) is 86.6. The van der Waals surface area contributed by atoms with Gasteiger partial charge in [0.1, 0.15) is 48.8 Å². The number of amides is 1. The third-order valence-electron chi connectivity index (χ3n) is 12.1. The van der Waals surface area contributed by atoms with Crippen LogP contribution < -0.4 is 5.32 Å². The van der Waals surface area contributed by atoms with Crippen molar-refractivity contribution >= 4 is 5.91 Å². The van der Waals surface area contributed by atoms with Gasteiger partial charge in [0.05, 0.1) is 32.0 Å². The van der Waals surface area contributed by atoms with E-state index < -0.39 is 86.8 Å². The second-order valence-corrected chi connectivity index (χ2v) is 18.2. The minimum atomic E-state index is -1.80. The maximum Gasteiger partial charge on any atom is 0.220 e. The molecule has 0 aromatic heterocycles. The third-order valence-corrected chi connectivity index (χ3v) is 12.1. The zero-order valence-electron chi connectivity index (χ0n) is 43.8. The van der Waals surface area contributed by atoms with Crippen molar-refractivity contribution in [3.8, 4) is 0 Å². The number of hydrogen-bond donors (Lipinski definition) is 9. The Hall–Kier alpha value is -3.87. The predicted molar refractivity (Wildman–Crippen MR) is 290 cm³/mol. The minimum absolute atomic E-state index is 0.230. The van der Waals surface area contributed by atoms with Crippen molar-refractivity contribution in [1.29, 1.82) is 0 Å². The normalized spacial score (nSPS) is 26.5. The van der Waals surface area contributed by atoms with Gasteiger partial charge in [-0.25, -0.2) is 0 Å². The van der Waals surface area contributed by atoms with Crippen LogP contribution in [0.2, 0.25) is 0 Å². The van der Waals surface area contributed by atoms with Crippen LogP contribution in [0.3, 0.4) is 0 Å². The fourth-order valence-electron chi connectivity index (χ4n) is 7.75. The molecule has 2 heterocycles. The van der Waals surface area contributed by atoms with Gasteiger partial charge in [-0.2, -0.15) is 0 Å². The molecule has 2 aliphatic rings. The average Bonchev–Trinajstić information content (AvgIpc) is 3.39. The summed E-state index contributed by atoms with van der Waals surface area (Å²) in [5.41, 5.74) is 0. The number of ether oxygens (including phenoxy) is 4. The number of aliphatic hydroxyl groups excluding tert-OH is 8. The van der Waals surface area contributed by atoms with Gasteiger partial charge < -0.3 is 65.1 Å². The van der Waals surface area contributed by atoms with E-state index in [0.717, 1.165) is 103 Å². The number of unbranched alkanes of at least 4 members (excludes halogenated alkanes) is 6. The third kappa shape index (κ3) is 29.7. The van der Waals surface area contributed by atoms with E-state index in [0.29, 0.717) is 12.8 Å². The predicted octanol–water partition coefficient (Wildman–Crippen LogP) is 8.04. The Bertz CT molecular complexity index is 1730. The Labute approximate surface area is 437 Å². The lowest BCUT2D eigenvalue weighted by atomic mass is 9.97. The molecular weight excluding hydrogens is 931 g/mol. The molecule has 0 saturated carbocycles. The number of aliphatic hydroxyl groups is 8. The van der Waals surface area contributed by atoms with Crippen molar-refractivity contribution in [2.75, 3.05) is 19.8 Å². The SMILES string of the molecule is CC/C=C\C/C=C\C/C=C\C/C=C\C/C=C\C/C=C\C/C=C\C/C=C\CCCCCCC(=O)NC(COC1OC(CO)C(OC2OC(CO)C(O)C(O)C2O)C(O)C1O)C(O)/C=C/CC/C=C/CC/C=C/CC. The molecule has 9 N–H and O–H groups in total. The summed E-state index contributed by atoms with van der Waals surface area (Å²) >= 11 is 0. The molecule has 412 valence electrons. The Morgan fingerprint density at radius 3 is 1.44 bits per heavy atom. The zero-order chi connectivity index (χ0) is 53.2. The quantitative estimate of drug-likeness (QED) is 0.0210. The lowest BCUT2D eigenvalue weighted by Crippen LogP contribution is -2.65. The minimum Gasteiger partial charge on any atom is -0.394 e. The summed E-state index contributed by atoms with van der Waals surface area (Å²) in [6.07, 6.45) is 46.6. The van der Waals surface area contributed by atoms with Crippen molar-refractivity contribution in [2.45, 2.75) is 209 Å². The van der Waals surface area contributed by atoms with Gasteiger partial charge in [0.2, 0.25) is 5.91 Å². The fraction of sp³-hybridized carbons (Fsp3) is 0.610. The van der Waals surface area contributed by atoms with Crippen molar-refractivity contribution in [1.82, 2.24) is 5.32 Å². The van der Waals surface area contributed by atoms with Crippen LogP contribution >= 0.6 is 0 Å². The smallest absolute Gasteiger partial charge is 0.220 e. The molecule has 73 heavy (non-hydrogen) atoms. The molecule has 2 rings (SSSR count). The standard InChI is InChI=1S/C59H93NO13/c1-3-5-7-9-11-13-15-16-17-18-19-20-21-22-23-24-25-26-27-28-29-30-31-32-33-35-37-39-41-43-51(64)60-47(48(63)42-40-38-36-34-14-12-10-8-6-4-2)46-70-58-56(69)54(67)57(50(45-62)72-58)73-59-55(68)53(66)52(65)49(44-61)71-59/h5-8,11,13-14,16-17,19-20,22-23,25-26,28-29,31-32,34,40,42,47-50,52-59,61-63,65-69H,3-4,9-10,12,15,18,21,24,27,30,33,35-39,41,43-46H2,1-2H3,(H,60,64)/b7-5-,8-6+,13-11-,17-16-,20-19-,23-22-,26-25-,29-28-,32-31-,34-14+,42-40+. The summed E-state index contributed by atoms with van der Waals surface area (Å²) < 4.78 is 22.6. The molecule has 1 amide bonds. The van der Waals surface area contributed by atoms with Crippen LogP contribution in [-0.4, -0.2) is 140 Å². The highest BCUT2D eigenvalue weighted by atomic mass is 16.7. The first kappa shape index (κ1) is 65.2. The molecule has 0 aliphatic carbocycles. The Morgan fingerprint density at radius 2 is 0.918 bits per heavy atom. The van der Waals surface area contributed by atoms with Gasteiger partial charge in [0.15, 0.2) is 12.6 Å². The highest BCUT2D eigenvalue weighted by Gasteiger charge is 2.51. The van der Waals surface area contributed by atoms with E-state index in [1.54, 1.807) is 6.08 Å². The second-order valence-electron chi connectivity index (χ2n) is 18.2. The lowest BCUT2D eigenvalue weighted by molar-refractivity contribution is -0.359. The van der Waals surface area contributed by atoms with Gasteiger partial charge in [-0.3, -0.25) is 4.79 Å². The van der Waals surface area contributed by atoms with Crippen molar-refractivity contribution in [2.24, 2.45) is 0 Å². The van der Waals surface area contributed by atoms with Gasteiger partial charge in [-0.15, -0.1) is 0 Å². The first-order chi connectivity index (χ1) is 35.6. The van der Waals surface area contributed by atoms with Crippen LogP contribution in [0.5, 0.6) is 0 Å². The fourth-order valence-corrected chi connectivity index (χ4v) is 7.75. The highest BCUT2D eigenvalue weighted by Crippen LogP contribution is 2.30. The summed E-state index contributed by atoms with van der Waals surface area (Å²) in [6, 6.07) is -0.960. The molecular formula is C59H93NO13. The topological polar surface area (TPSA) is 228 Å². The largest absolute Gasteiger partial charge is 0.394 e. The van der Waals surface area contributed by atoms with Gasteiger partial charge in [0, 0.05) is 6.42 Å². The number of allylic oxidation sites excluding steroid dienone is 21. The van der Waals surface area contributed by atoms with Crippen molar-refractivity contribution in [3.05, 3.63) is 134 Å². The van der Waals surface area contributed by atoms with Crippen molar-refractivity contribution in [3.63, 3.8) is 0 Å². The van der Waals surface area contributed by atoms with Crippen LogP contribution in [-0.2, 0) is 23.7 Å². The van der Waals surface area contributed by atoms with Gasteiger partial charge >= 0.3 is 0 Å². The number of nitrogens with one attached hydrogen (secondary N) is 1. The molecule has 0 aromatic rings. The summed E-state index contributed by atoms with van der Waals surface area (Å²) in [4.78, 5) is 13.2. The number of rotatable bonds is 39. The molecule has 14 heteroatoms. The number of hydrogen-bond acceptors (Lipinski definition) is 13. The van der Waals surface area contributed by atoms with Crippen LogP contribution in [0, 0.1) is 0 Å². The maximum atomic E-state index is 13.2. The first-order valence-corrected chi connectivity index (χ1v) is 26.9. The summed E-state index contributed by atoms with van der Waals surface area (Å²) in [6.45, 7) is 2.46. The van der Waals surface area contributed by atoms with E-state index in [-0.39, 0.29) is 18.9 Å². The Morgan fingerprint density at radius 1 is 0.493 bits per heavy atom. The van der Waals surface area contributed by atoms with Crippen LogP contribution in [0.1, 0.15) is 136 Å². The molecule has 2 fully saturated rings. The molecule has 0 aromatic carbocycles. The highest BCUT2D eigenvalue weighted by molar-refractivity contribution is 5.76. The van der Waals surface area contributed by atoms with Crippen LogP contribution in [0.25, 0.3) is 0 Å². The molecule has 0 spiro atoms. The van der Waals surface area contributed by atoms with Crippen LogP contribution in [0.15, 0.2) is 134 Å². The van der Waals surface area contributed by atoms with Gasteiger partial charge in [0.25, 0.3) is 0 Å². The van der Waals surface area contributed by atoms with Gasteiger partial charge in [-0.1, -0.05) is 160 Å². The van der Waals surface area contributed by atoms with Crippen LogP contribution in [0.4, 0.5) is 0 Å². The number of carbonyl (C=O) groups is 1. The van der Waals surface area contributed by atoms with E-state index in [4.69, 9.17) is 18.9 Å². The molecule has 12 unspecified atom stereocenters. The molecule has 14 nitrogen and oxygen atoms in total. The lowest BCUT2D eigenvalue weighted by Gasteiger charge is -2.46. The second kappa shape index (κ2) is 43.4. The molecule has 0 bridgehead atoms. The van der Waals surface area contributed by atoms with E-state index in [2.05, 4.69) is 141 Å². The van der Waals surface area contributed by atoms with E-state index in [1.807, 2.05) is 6.08 Å². The summed E-state index contributed by atoms with van der Waals surface area (Å²) in [5.74, 6) is -0.289. The Balaban J connectivity index is 1.76. The molecule has 0 radical (unpaired) electrons. The molecule has 2 saturated heterocycles. The maximum absolute atomic E-state index is 13.2. The number of carbonyl (C=O) groups excluding carboxylic acids is 1. The Kier molecular flexibility index (Phi) is 38.8. The monoisotopic (exact) mass is 1020 g/mol. The summed E-state index contributed by atoms with van der Waals surface area (Å²) in [7, 11) is 0. The van der Waals surface area contributed by atoms with E-state index in [9.17, 15) is 45.6 Å². The first-order valence-electron chi connectivity index (χ1n) is 26.9.